The molecule has 1 aliphatic carbocycles. The molecule has 3 nitrogen and oxygen atoms in total. The fraction of sp³-hybridized carbons (Fsp3) is 0.231. The number of carbonyl (C=O) groups is 2. The SMILES string of the molecule is O=C1C2C(c3ccccc3)CCC(c3ccccc3)C2C(=O)N1c1ccc(Cl)cc1. The summed E-state index contributed by atoms with van der Waals surface area (Å²) in [5.74, 6) is -0.803. The van der Waals surface area contributed by atoms with Crippen LogP contribution in [0.4, 0.5) is 5.69 Å². The third kappa shape index (κ3) is 3.14. The Balaban J connectivity index is 1.60. The van der Waals surface area contributed by atoms with E-state index < -0.39 is 0 Å². The van der Waals surface area contributed by atoms with Gasteiger partial charge in [-0.3, -0.25) is 14.5 Å². The zero-order valence-electron chi connectivity index (χ0n) is 16.4. The normalized spacial score (nSPS) is 26.0. The molecule has 0 radical (unpaired) electrons. The third-order valence-electron chi connectivity index (χ3n) is 6.59. The van der Waals surface area contributed by atoms with Crippen LogP contribution in [0, 0.1) is 11.8 Å². The van der Waals surface area contributed by atoms with E-state index >= 15 is 0 Å². The standard InChI is InChI=1S/C26H22ClNO2/c27-19-11-13-20(14-12-19)28-25(29)23-21(17-7-3-1-4-8-17)15-16-22(24(23)26(28)30)18-9-5-2-6-10-18/h1-14,21-24H,15-16H2. The topological polar surface area (TPSA) is 37.4 Å². The fourth-order valence-corrected chi connectivity index (χ4v) is 5.40. The van der Waals surface area contributed by atoms with Gasteiger partial charge in [-0.15, -0.1) is 0 Å². The zero-order chi connectivity index (χ0) is 20.7. The fourth-order valence-electron chi connectivity index (χ4n) is 5.27. The first-order valence-electron chi connectivity index (χ1n) is 10.4. The molecule has 3 aromatic carbocycles. The zero-order valence-corrected chi connectivity index (χ0v) is 17.2. The van der Waals surface area contributed by atoms with E-state index in [0.717, 1.165) is 24.0 Å². The van der Waals surface area contributed by atoms with Gasteiger partial charge >= 0.3 is 0 Å². The van der Waals surface area contributed by atoms with Gasteiger partial charge in [-0.1, -0.05) is 72.3 Å². The van der Waals surface area contributed by atoms with Crippen LogP contribution in [0.25, 0.3) is 0 Å². The lowest BCUT2D eigenvalue weighted by Gasteiger charge is -2.37. The molecule has 2 aliphatic rings. The summed E-state index contributed by atoms with van der Waals surface area (Å²) in [7, 11) is 0. The quantitative estimate of drug-likeness (QED) is 0.506. The Morgan fingerprint density at radius 1 is 0.633 bits per heavy atom. The van der Waals surface area contributed by atoms with Crippen molar-refractivity contribution in [3.8, 4) is 0 Å². The van der Waals surface area contributed by atoms with Crippen LogP contribution in [0.1, 0.15) is 35.8 Å². The molecular formula is C26H22ClNO2. The van der Waals surface area contributed by atoms with E-state index in [1.807, 2.05) is 36.4 Å². The molecule has 0 spiro atoms. The minimum atomic E-state index is -0.352. The molecular weight excluding hydrogens is 394 g/mol. The number of hydrogen-bond acceptors (Lipinski definition) is 2. The van der Waals surface area contributed by atoms with Gasteiger partial charge in [-0.2, -0.15) is 0 Å². The number of hydrogen-bond donors (Lipinski definition) is 0. The Kier molecular flexibility index (Phi) is 4.92. The molecule has 1 saturated heterocycles. The maximum absolute atomic E-state index is 13.7. The molecule has 1 aliphatic heterocycles. The summed E-state index contributed by atoms with van der Waals surface area (Å²) in [5, 5.41) is 0.583. The number of fused-ring (bicyclic) bond motifs is 1. The Labute approximate surface area is 181 Å². The van der Waals surface area contributed by atoms with Crippen molar-refractivity contribution in [3.05, 3.63) is 101 Å². The first-order chi connectivity index (χ1) is 14.6. The van der Waals surface area contributed by atoms with E-state index in [0.29, 0.717) is 10.7 Å². The van der Waals surface area contributed by atoms with E-state index in [2.05, 4.69) is 24.3 Å². The molecule has 0 N–H and O–H groups in total. The van der Waals surface area contributed by atoms with E-state index in [1.54, 1.807) is 24.3 Å². The van der Waals surface area contributed by atoms with Gasteiger partial charge in [0.1, 0.15) is 0 Å². The van der Waals surface area contributed by atoms with Gasteiger partial charge in [0.2, 0.25) is 11.8 Å². The van der Waals surface area contributed by atoms with Gasteiger partial charge in [0.15, 0.2) is 0 Å². The highest BCUT2D eigenvalue weighted by atomic mass is 35.5. The Morgan fingerprint density at radius 3 is 1.50 bits per heavy atom. The summed E-state index contributed by atoms with van der Waals surface area (Å²) in [5.41, 5.74) is 2.87. The smallest absolute Gasteiger partial charge is 0.238 e. The van der Waals surface area contributed by atoms with E-state index in [-0.39, 0.29) is 35.5 Å². The summed E-state index contributed by atoms with van der Waals surface area (Å²) in [6.07, 6.45) is 1.77. The lowest BCUT2D eigenvalue weighted by atomic mass is 9.64. The number of amides is 2. The third-order valence-corrected chi connectivity index (χ3v) is 6.85. The van der Waals surface area contributed by atoms with Crippen molar-refractivity contribution >= 4 is 29.1 Å². The van der Waals surface area contributed by atoms with E-state index in [4.69, 9.17) is 11.6 Å². The van der Waals surface area contributed by atoms with Gasteiger partial charge in [0.05, 0.1) is 17.5 Å². The second-order valence-electron chi connectivity index (χ2n) is 8.15. The molecule has 2 fully saturated rings. The van der Waals surface area contributed by atoms with Crippen LogP contribution in [0.2, 0.25) is 5.02 Å². The maximum Gasteiger partial charge on any atom is 0.238 e. The average molecular weight is 416 g/mol. The molecule has 5 rings (SSSR count). The van der Waals surface area contributed by atoms with Crippen molar-refractivity contribution in [1.82, 2.24) is 0 Å². The number of rotatable bonds is 3. The molecule has 2 amide bonds. The number of anilines is 1. The minimum absolute atomic E-state index is 0.0462. The summed E-state index contributed by atoms with van der Waals surface area (Å²) in [6, 6.07) is 27.3. The first kappa shape index (κ1) is 19.1. The molecule has 3 aromatic rings. The average Bonchev–Trinajstić information content (AvgIpc) is 3.06. The molecule has 0 aromatic heterocycles. The van der Waals surface area contributed by atoms with Gasteiger partial charge in [-0.05, 0) is 60.1 Å². The molecule has 4 atom stereocenters. The van der Waals surface area contributed by atoms with Crippen LogP contribution >= 0.6 is 11.6 Å². The van der Waals surface area contributed by atoms with Gasteiger partial charge in [-0.25, -0.2) is 0 Å². The number of imide groups is 1. The van der Waals surface area contributed by atoms with Gasteiger partial charge in [0, 0.05) is 5.02 Å². The molecule has 30 heavy (non-hydrogen) atoms. The molecule has 0 bridgehead atoms. The highest BCUT2D eigenvalue weighted by Gasteiger charge is 2.56. The molecule has 1 heterocycles. The molecule has 1 saturated carbocycles. The Hall–Kier alpha value is -2.91. The van der Waals surface area contributed by atoms with Crippen molar-refractivity contribution in [2.45, 2.75) is 24.7 Å². The predicted octanol–water partition coefficient (Wildman–Crippen LogP) is 5.81. The Morgan fingerprint density at radius 2 is 1.07 bits per heavy atom. The van der Waals surface area contributed by atoms with Crippen LogP contribution in [-0.4, -0.2) is 11.8 Å². The van der Waals surface area contributed by atoms with Crippen LogP contribution in [0.5, 0.6) is 0 Å². The van der Waals surface area contributed by atoms with Crippen molar-refractivity contribution in [3.63, 3.8) is 0 Å². The summed E-state index contributed by atoms with van der Waals surface area (Å²) in [4.78, 5) is 28.7. The summed E-state index contributed by atoms with van der Waals surface area (Å²) < 4.78 is 0. The van der Waals surface area contributed by atoms with Crippen LogP contribution in [-0.2, 0) is 9.59 Å². The van der Waals surface area contributed by atoms with Gasteiger partial charge in [0.25, 0.3) is 0 Å². The first-order valence-corrected chi connectivity index (χ1v) is 10.8. The molecule has 150 valence electrons. The number of carbonyl (C=O) groups excluding carboxylic acids is 2. The number of nitrogens with zero attached hydrogens (tertiary/aromatic N) is 1. The lowest BCUT2D eigenvalue weighted by Crippen LogP contribution is -2.34. The van der Waals surface area contributed by atoms with Crippen LogP contribution < -0.4 is 4.90 Å². The minimum Gasteiger partial charge on any atom is -0.274 e. The maximum atomic E-state index is 13.7. The van der Waals surface area contributed by atoms with Crippen molar-refractivity contribution in [2.24, 2.45) is 11.8 Å². The van der Waals surface area contributed by atoms with Crippen molar-refractivity contribution < 1.29 is 9.59 Å². The van der Waals surface area contributed by atoms with Crippen molar-refractivity contribution in [2.75, 3.05) is 4.90 Å². The summed E-state index contributed by atoms with van der Waals surface area (Å²) >= 11 is 6.03. The summed E-state index contributed by atoms with van der Waals surface area (Å²) in [6.45, 7) is 0. The second-order valence-corrected chi connectivity index (χ2v) is 8.59. The van der Waals surface area contributed by atoms with Crippen molar-refractivity contribution in [1.29, 1.82) is 0 Å². The largest absolute Gasteiger partial charge is 0.274 e. The van der Waals surface area contributed by atoms with Gasteiger partial charge < -0.3 is 0 Å². The van der Waals surface area contributed by atoms with E-state index in [1.165, 1.54) is 4.90 Å². The lowest BCUT2D eigenvalue weighted by molar-refractivity contribution is -0.122. The number of benzene rings is 3. The highest BCUT2D eigenvalue weighted by molar-refractivity contribution is 6.30. The van der Waals surface area contributed by atoms with E-state index in [9.17, 15) is 9.59 Å². The highest BCUT2D eigenvalue weighted by Crippen LogP contribution is 2.53. The molecule has 4 heteroatoms. The molecule has 4 unspecified atom stereocenters. The number of halogens is 1. The predicted molar refractivity (Wildman–Crippen MR) is 119 cm³/mol. The second kappa shape index (κ2) is 7.73. The monoisotopic (exact) mass is 415 g/mol. The van der Waals surface area contributed by atoms with Crippen LogP contribution in [0.15, 0.2) is 84.9 Å². The van der Waals surface area contributed by atoms with Crippen LogP contribution in [0.3, 0.4) is 0 Å². The Bertz CT molecular complexity index is 1000.